The number of rotatable bonds is 3. The van der Waals surface area contributed by atoms with E-state index in [0.717, 1.165) is 11.4 Å². The summed E-state index contributed by atoms with van der Waals surface area (Å²) in [5.41, 5.74) is 0.741. The number of ether oxygens (including phenoxy) is 1. The van der Waals surface area contributed by atoms with Crippen LogP contribution in [0.1, 0.15) is 27.7 Å². The molecule has 1 aliphatic heterocycles. The molecule has 116 valence electrons. The zero-order valence-electron chi connectivity index (χ0n) is 13.5. The lowest BCUT2D eigenvalue weighted by Gasteiger charge is -2.32. The molecule has 0 N–H and O–H groups in total. The minimum atomic E-state index is -0.510. The molecule has 0 aliphatic carbocycles. The fourth-order valence-corrected chi connectivity index (χ4v) is 2.23. The van der Waals surface area contributed by atoms with E-state index in [1.165, 1.54) is 0 Å². The van der Waals surface area contributed by atoms with Crippen LogP contribution in [0, 0.1) is 0 Å². The Morgan fingerprint density at radius 2 is 1.82 bits per heavy atom. The van der Waals surface area contributed by atoms with Crippen molar-refractivity contribution >= 4 is 12.7 Å². The van der Waals surface area contributed by atoms with Gasteiger partial charge in [0.2, 0.25) is 0 Å². The van der Waals surface area contributed by atoms with Crippen molar-refractivity contribution in [3.8, 4) is 11.4 Å². The number of aromatic nitrogens is 3. The molecule has 0 bridgehead atoms. The van der Waals surface area contributed by atoms with Crippen molar-refractivity contribution < 1.29 is 14.0 Å². The Morgan fingerprint density at radius 1 is 1.14 bits per heavy atom. The van der Waals surface area contributed by atoms with E-state index in [0.29, 0.717) is 5.59 Å². The van der Waals surface area contributed by atoms with E-state index >= 15 is 0 Å². The van der Waals surface area contributed by atoms with Crippen molar-refractivity contribution in [3.05, 3.63) is 30.5 Å². The van der Waals surface area contributed by atoms with Crippen LogP contribution in [0.2, 0.25) is 0 Å². The first-order valence-corrected chi connectivity index (χ1v) is 7.25. The Morgan fingerprint density at radius 3 is 2.45 bits per heavy atom. The van der Waals surface area contributed by atoms with Crippen LogP contribution in [-0.2, 0) is 9.31 Å². The van der Waals surface area contributed by atoms with E-state index in [-0.39, 0.29) is 0 Å². The molecule has 1 aromatic carbocycles. The van der Waals surface area contributed by atoms with Gasteiger partial charge in [0.1, 0.15) is 11.3 Å². The molecule has 1 saturated heterocycles. The summed E-state index contributed by atoms with van der Waals surface area (Å²) in [6, 6.07) is 7.62. The smallest absolute Gasteiger partial charge is 0.497 e. The standard InChI is InChI=1S/C15H20BN3O3/c1-14(2)15(3,4)22-16(21-14)13-10-19(18-17-13)11-7-6-8-12(9-11)20-5/h6-10H,1-5H3. The van der Waals surface area contributed by atoms with Gasteiger partial charge in [-0.1, -0.05) is 11.3 Å². The van der Waals surface area contributed by atoms with Crippen LogP contribution in [0.25, 0.3) is 5.69 Å². The van der Waals surface area contributed by atoms with Crippen LogP contribution in [-0.4, -0.2) is 40.4 Å². The van der Waals surface area contributed by atoms with E-state index < -0.39 is 18.3 Å². The summed E-state index contributed by atoms with van der Waals surface area (Å²) in [6.45, 7) is 8.05. The molecule has 1 aromatic heterocycles. The predicted molar refractivity (Wildman–Crippen MR) is 83.6 cm³/mol. The molecule has 0 spiro atoms. The number of nitrogens with zero attached hydrogens (tertiary/aromatic N) is 3. The van der Waals surface area contributed by atoms with E-state index in [1.807, 2.05) is 58.2 Å². The van der Waals surface area contributed by atoms with Crippen molar-refractivity contribution in [2.45, 2.75) is 38.9 Å². The highest BCUT2D eigenvalue weighted by molar-refractivity contribution is 6.61. The summed E-state index contributed by atoms with van der Waals surface area (Å²) in [4.78, 5) is 0. The molecule has 2 heterocycles. The molecule has 7 heteroatoms. The molecule has 0 radical (unpaired) electrons. The van der Waals surface area contributed by atoms with Gasteiger partial charge >= 0.3 is 7.12 Å². The Kier molecular flexibility index (Phi) is 3.49. The molecule has 6 nitrogen and oxygen atoms in total. The van der Waals surface area contributed by atoms with Gasteiger partial charge in [-0.05, 0) is 39.8 Å². The number of hydrogen-bond donors (Lipinski definition) is 0. The lowest BCUT2D eigenvalue weighted by molar-refractivity contribution is 0.00578. The summed E-state index contributed by atoms with van der Waals surface area (Å²) >= 11 is 0. The average molecular weight is 301 g/mol. The normalized spacial score (nSPS) is 19.4. The number of methoxy groups -OCH3 is 1. The SMILES string of the molecule is COc1cccc(-n2cc(B3OC(C)(C)C(C)(C)O3)nn2)c1. The van der Waals surface area contributed by atoms with Crippen molar-refractivity contribution in [1.82, 2.24) is 15.0 Å². The predicted octanol–water partition coefficient (Wildman–Crippen LogP) is 1.58. The molecule has 3 rings (SSSR count). The van der Waals surface area contributed by atoms with Gasteiger partial charge in [-0.15, -0.1) is 5.10 Å². The molecular formula is C15H20BN3O3. The first kappa shape index (κ1) is 15.1. The third kappa shape index (κ3) is 2.50. The zero-order valence-corrected chi connectivity index (χ0v) is 13.5. The maximum absolute atomic E-state index is 5.98. The second-order valence-corrected chi connectivity index (χ2v) is 6.38. The highest BCUT2D eigenvalue weighted by atomic mass is 16.7. The van der Waals surface area contributed by atoms with E-state index in [9.17, 15) is 0 Å². The summed E-state index contributed by atoms with van der Waals surface area (Å²) in [5, 5.41) is 8.34. The van der Waals surface area contributed by atoms with E-state index in [1.54, 1.807) is 11.8 Å². The third-order valence-electron chi connectivity index (χ3n) is 4.32. The Hall–Kier alpha value is -1.86. The van der Waals surface area contributed by atoms with Gasteiger partial charge in [0.25, 0.3) is 0 Å². The minimum Gasteiger partial charge on any atom is -0.497 e. The monoisotopic (exact) mass is 301 g/mol. The van der Waals surface area contributed by atoms with Gasteiger partial charge in [-0.2, -0.15) is 0 Å². The van der Waals surface area contributed by atoms with Crippen LogP contribution >= 0.6 is 0 Å². The molecule has 0 unspecified atom stereocenters. The van der Waals surface area contributed by atoms with Gasteiger partial charge in [0.05, 0.1) is 30.2 Å². The molecule has 0 saturated carbocycles. The Bertz CT molecular complexity index is 668. The van der Waals surface area contributed by atoms with Crippen LogP contribution < -0.4 is 10.3 Å². The average Bonchev–Trinajstić information content (AvgIpc) is 3.02. The molecular weight excluding hydrogens is 281 g/mol. The first-order valence-electron chi connectivity index (χ1n) is 7.25. The molecule has 2 aromatic rings. The van der Waals surface area contributed by atoms with Crippen molar-refractivity contribution in [1.29, 1.82) is 0 Å². The lowest BCUT2D eigenvalue weighted by atomic mass is 9.86. The zero-order chi connectivity index (χ0) is 16.0. The number of benzene rings is 1. The fourth-order valence-electron chi connectivity index (χ4n) is 2.23. The van der Waals surface area contributed by atoms with Crippen LogP contribution in [0.15, 0.2) is 30.5 Å². The third-order valence-corrected chi connectivity index (χ3v) is 4.32. The highest BCUT2D eigenvalue weighted by Gasteiger charge is 2.52. The summed E-state index contributed by atoms with van der Waals surface area (Å²) in [7, 11) is 1.13. The van der Waals surface area contributed by atoms with E-state index in [2.05, 4.69) is 10.3 Å². The summed E-state index contributed by atoms with van der Waals surface area (Å²) in [6.07, 6.45) is 1.82. The van der Waals surface area contributed by atoms with Crippen molar-refractivity contribution in [3.63, 3.8) is 0 Å². The number of hydrogen-bond acceptors (Lipinski definition) is 5. The largest absolute Gasteiger partial charge is 0.518 e. The van der Waals surface area contributed by atoms with E-state index in [4.69, 9.17) is 14.0 Å². The Balaban J connectivity index is 1.86. The summed E-state index contributed by atoms with van der Waals surface area (Å²) in [5.74, 6) is 0.769. The second kappa shape index (κ2) is 5.10. The quantitative estimate of drug-likeness (QED) is 0.806. The van der Waals surface area contributed by atoms with Gasteiger partial charge < -0.3 is 14.0 Å². The van der Waals surface area contributed by atoms with Crippen LogP contribution in [0.5, 0.6) is 5.75 Å². The van der Waals surface area contributed by atoms with Gasteiger partial charge in [0, 0.05) is 6.07 Å². The second-order valence-electron chi connectivity index (χ2n) is 6.38. The lowest BCUT2D eigenvalue weighted by Crippen LogP contribution is -2.41. The maximum atomic E-state index is 5.98. The molecule has 0 atom stereocenters. The van der Waals surface area contributed by atoms with Crippen molar-refractivity contribution in [2.24, 2.45) is 0 Å². The maximum Gasteiger partial charge on any atom is 0.518 e. The van der Waals surface area contributed by atoms with Crippen molar-refractivity contribution in [2.75, 3.05) is 7.11 Å². The first-order chi connectivity index (χ1) is 10.3. The molecule has 1 fully saturated rings. The van der Waals surface area contributed by atoms with Crippen LogP contribution in [0.3, 0.4) is 0 Å². The Labute approximate surface area is 130 Å². The molecule has 0 amide bonds. The molecule has 22 heavy (non-hydrogen) atoms. The van der Waals surface area contributed by atoms with Gasteiger partial charge in [0.15, 0.2) is 0 Å². The highest BCUT2D eigenvalue weighted by Crippen LogP contribution is 2.36. The topological polar surface area (TPSA) is 58.4 Å². The van der Waals surface area contributed by atoms with Gasteiger partial charge in [-0.25, -0.2) is 4.68 Å². The van der Waals surface area contributed by atoms with Gasteiger partial charge in [-0.3, -0.25) is 0 Å². The minimum absolute atomic E-state index is 0.391. The fraction of sp³-hybridized carbons (Fsp3) is 0.467. The van der Waals surface area contributed by atoms with Crippen LogP contribution in [0.4, 0.5) is 0 Å². The molecule has 1 aliphatic rings. The summed E-state index contributed by atoms with van der Waals surface area (Å²) < 4.78 is 18.9.